The highest BCUT2D eigenvalue weighted by molar-refractivity contribution is 5.75. The van der Waals surface area contributed by atoms with Crippen LogP contribution in [0.5, 0.6) is 0 Å². The van der Waals surface area contributed by atoms with Crippen LogP contribution in [0.4, 0.5) is 0 Å². The van der Waals surface area contributed by atoms with Gasteiger partial charge in [0, 0.05) is 17.8 Å². The van der Waals surface area contributed by atoms with E-state index in [1.165, 1.54) is 4.57 Å². The molecule has 1 aliphatic heterocycles. The first-order valence-corrected chi connectivity index (χ1v) is 6.28. The molecule has 0 atom stereocenters. The number of imidazole rings is 2. The second kappa shape index (κ2) is 3.22. The lowest BCUT2D eigenvalue weighted by Gasteiger charge is -1.94. The van der Waals surface area contributed by atoms with Gasteiger partial charge in [0.1, 0.15) is 5.69 Å². The van der Waals surface area contributed by atoms with Gasteiger partial charge in [-0.15, -0.1) is 9.61 Å². The van der Waals surface area contributed by atoms with E-state index >= 15 is 0 Å². The third kappa shape index (κ3) is 1.01. The van der Waals surface area contributed by atoms with Crippen molar-refractivity contribution < 1.29 is 8.68 Å². The zero-order valence-electron chi connectivity index (χ0n) is 13.4. The van der Waals surface area contributed by atoms with Crippen LogP contribution in [0.3, 0.4) is 0 Å². The highest BCUT2D eigenvalue weighted by atomic mass is 15.4. The Morgan fingerprint density at radius 2 is 2.25 bits per heavy atom. The Labute approximate surface area is 118 Å². The Kier molecular flexibility index (Phi) is 1.24. The first-order chi connectivity index (χ1) is 11.1. The van der Waals surface area contributed by atoms with Gasteiger partial charge in [0.25, 0.3) is 11.5 Å². The molecule has 0 saturated carbocycles. The summed E-state index contributed by atoms with van der Waals surface area (Å²) in [5.74, 6) is 0.554. The Bertz CT molecular complexity index is 1090. The molecule has 0 spiro atoms. The van der Waals surface area contributed by atoms with Crippen LogP contribution < -0.4 is 4.57 Å². The first kappa shape index (κ1) is 7.74. The zero-order chi connectivity index (χ0) is 15.8. The maximum absolute atomic E-state index is 7.94. The average Bonchev–Trinajstić information content (AvgIpc) is 3.12. The van der Waals surface area contributed by atoms with E-state index in [2.05, 4.69) is 15.1 Å². The average molecular weight is 266 g/mol. The maximum Gasteiger partial charge on any atom is 0.315 e. The van der Waals surface area contributed by atoms with Crippen molar-refractivity contribution in [2.45, 2.75) is 6.54 Å². The molecule has 20 heavy (non-hydrogen) atoms. The van der Waals surface area contributed by atoms with Gasteiger partial charge in [0.2, 0.25) is 5.65 Å². The van der Waals surface area contributed by atoms with Crippen LogP contribution in [-0.4, -0.2) is 24.1 Å². The third-order valence-electron chi connectivity index (χ3n) is 3.72. The van der Waals surface area contributed by atoms with E-state index in [9.17, 15) is 0 Å². The van der Waals surface area contributed by atoms with Gasteiger partial charge in [-0.3, -0.25) is 0 Å². The highest BCUT2D eigenvalue weighted by Gasteiger charge is 2.35. The summed E-state index contributed by atoms with van der Waals surface area (Å²) in [6.45, 7) is -1.79. The predicted octanol–water partition coefficient (Wildman–Crippen LogP) is 0.932. The molecule has 5 heterocycles. The van der Waals surface area contributed by atoms with Crippen molar-refractivity contribution in [2.24, 2.45) is 6.98 Å². The summed E-state index contributed by atoms with van der Waals surface area (Å²) in [5.41, 5.74) is 3.37. The topological polar surface area (TPSA) is 51.9 Å². The number of rotatable bonds is 0. The predicted molar refractivity (Wildman–Crippen MR) is 72.0 cm³/mol. The summed E-state index contributed by atoms with van der Waals surface area (Å²) in [7, 11) is 0. The molecule has 0 unspecified atom stereocenters. The van der Waals surface area contributed by atoms with Gasteiger partial charge < -0.3 is 0 Å². The fourth-order valence-corrected chi connectivity index (χ4v) is 2.89. The van der Waals surface area contributed by atoms with Crippen molar-refractivity contribution in [3.05, 3.63) is 42.2 Å². The normalized spacial score (nSPS) is 15.9. The van der Waals surface area contributed by atoms with E-state index < -0.39 is 6.98 Å². The summed E-state index contributed by atoms with van der Waals surface area (Å²) in [5, 5.41) is 4.32. The second-order valence-corrected chi connectivity index (χ2v) is 4.81. The minimum atomic E-state index is -2.35. The molecule has 0 aliphatic carbocycles. The molecule has 1 aliphatic rings. The van der Waals surface area contributed by atoms with Gasteiger partial charge >= 0.3 is 5.65 Å². The van der Waals surface area contributed by atoms with Crippen LogP contribution in [0.2, 0.25) is 0 Å². The molecule has 4 aromatic heterocycles. The largest absolute Gasteiger partial charge is 0.315 e. The van der Waals surface area contributed by atoms with E-state index in [1.807, 2.05) is 22.8 Å². The Balaban J connectivity index is 2.01. The number of hydrogen-bond acceptors (Lipinski definition) is 3. The molecule has 5 rings (SSSR count). The molecule has 0 radical (unpaired) electrons. The van der Waals surface area contributed by atoms with Crippen molar-refractivity contribution >= 4 is 16.9 Å². The van der Waals surface area contributed by atoms with Crippen molar-refractivity contribution in [3.63, 3.8) is 0 Å². The molecular formula is C14H11N6+. The monoisotopic (exact) mass is 266 g/mol. The van der Waals surface area contributed by atoms with Gasteiger partial charge in [0.15, 0.2) is 0 Å². The molecule has 4 aromatic rings. The molecule has 0 fully saturated rings. The summed E-state index contributed by atoms with van der Waals surface area (Å²) in [4.78, 5) is 8.85. The molecule has 6 heteroatoms. The minimum Gasteiger partial charge on any atom is -0.249 e. The lowest BCUT2D eigenvalue weighted by Crippen LogP contribution is -2.32. The van der Waals surface area contributed by atoms with Crippen LogP contribution in [0.1, 0.15) is 9.68 Å². The van der Waals surface area contributed by atoms with Gasteiger partial charge in [-0.05, 0) is 12.1 Å². The Morgan fingerprint density at radius 3 is 3.20 bits per heavy atom. The molecule has 0 aromatic carbocycles. The van der Waals surface area contributed by atoms with Crippen molar-refractivity contribution in [1.82, 2.24) is 24.1 Å². The summed E-state index contributed by atoms with van der Waals surface area (Å²) >= 11 is 0. The van der Waals surface area contributed by atoms with E-state index in [1.54, 1.807) is 23.0 Å². The second-order valence-electron chi connectivity index (χ2n) is 4.81. The van der Waals surface area contributed by atoms with Gasteiger partial charge in [-0.2, -0.15) is 4.98 Å². The van der Waals surface area contributed by atoms with E-state index in [-0.39, 0.29) is 0 Å². The summed E-state index contributed by atoms with van der Waals surface area (Å²) in [6, 6.07) is 7.41. The molecule has 96 valence electrons. The summed E-state index contributed by atoms with van der Waals surface area (Å²) in [6.07, 6.45) is 3.33. The van der Waals surface area contributed by atoms with Crippen LogP contribution in [0.15, 0.2) is 36.7 Å². The third-order valence-corrected chi connectivity index (χ3v) is 3.72. The van der Waals surface area contributed by atoms with E-state index in [0.717, 1.165) is 5.56 Å². The van der Waals surface area contributed by atoms with Gasteiger partial charge in [0.05, 0.1) is 23.8 Å². The van der Waals surface area contributed by atoms with E-state index in [4.69, 9.17) is 4.11 Å². The smallest absolute Gasteiger partial charge is 0.249 e. The number of nitrogens with zero attached hydrogens (tertiary/aromatic N) is 6. The summed E-state index contributed by atoms with van der Waals surface area (Å²) < 4.78 is 28.7. The Morgan fingerprint density at radius 1 is 1.30 bits per heavy atom. The molecule has 0 N–H and O–H groups in total. The number of fused-ring (bicyclic) bond motifs is 7. The van der Waals surface area contributed by atoms with Crippen molar-refractivity contribution in [1.29, 1.82) is 0 Å². The van der Waals surface area contributed by atoms with Crippen LogP contribution >= 0.6 is 0 Å². The van der Waals surface area contributed by atoms with Gasteiger partial charge in [-0.25, -0.2) is 14.1 Å². The SMILES string of the molecule is [2H]C([2H])([2H])n1c2[n+](c3c1nc1cccnn13)Cc1cccnc1-2. The number of hydrogen-bond donors (Lipinski definition) is 0. The highest BCUT2D eigenvalue weighted by Crippen LogP contribution is 2.28. The lowest BCUT2D eigenvalue weighted by atomic mass is 10.2. The molecule has 0 bridgehead atoms. The maximum atomic E-state index is 7.94. The molecule has 0 amide bonds. The molecule has 0 saturated heterocycles. The number of pyridine rings is 1. The molecular weight excluding hydrogens is 252 g/mol. The van der Waals surface area contributed by atoms with Crippen LogP contribution in [-0.2, 0) is 13.5 Å². The number of aryl methyl sites for hydroxylation is 1. The Hall–Kier alpha value is -2.76. The van der Waals surface area contributed by atoms with Crippen molar-refractivity contribution in [2.75, 3.05) is 0 Å². The standard InChI is InChI=1S/C14H11N6/c1-18-12-14(20-10(17-12)5-3-7-16-20)19-8-9-4-2-6-15-11(9)13(18)19/h2-7H,8H2,1H3/q+1/i1D3. The fourth-order valence-electron chi connectivity index (χ4n) is 2.89. The lowest BCUT2D eigenvalue weighted by molar-refractivity contribution is -0.648. The fraction of sp³-hybridized carbons (Fsp3) is 0.143. The van der Waals surface area contributed by atoms with Gasteiger partial charge in [-0.1, -0.05) is 6.07 Å². The quantitative estimate of drug-likeness (QED) is 0.392. The number of aromatic nitrogens is 6. The van der Waals surface area contributed by atoms with Crippen LogP contribution in [0.25, 0.3) is 28.5 Å². The molecule has 6 nitrogen and oxygen atoms in total. The van der Waals surface area contributed by atoms with E-state index in [0.29, 0.717) is 35.0 Å². The minimum absolute atomic E-state index is 0.398. The zero-order valence-corrected chi connectivity index (χ0v) is 10.4. The van der Waals surface area contributed by atoms with Crippen molar-refractivity contribution in [3.8, 4) is 11.5 Å². The van der Waals surface area contributed by atoms with Crippen LogP contribution in [0, 0.1) is 0 Å². The first-order valence-electron chi connectivity index (χ1n) is 7.78.